The Morgan fingerprint density at radius 1 is 0.875 bits per heavy atom. The number of carbonyl (C=O) groups is 2. The van der Waals surface area contributed by atoms with Crippen LogP contribution in [-0.4, -0.2) is 26.3 Å². The van der Waals surface area contributed by atoms with Crippen LogP contribution < -0.4 is 16.2 Å². The van der Waals surface area contributed by atoms with E-state index in [1.165, 1.54) is 29.1 Å². The first-order chi connectivity index (χ1) is 15.5. The van der Waals surface area contributed by atoms with E-state index in [0.717, 1.165) is 5.56 Å². The van der Waals surface area contributed by atoms with Gasteiger partial charge in [-0.15, -0.1) is 0 Å². The molecule has 3 aromatic heterocycles. The van der Waals surface area contributed by atoms with E-state index < -0.39 is 11.8 Å². The standard InChI is InChI=1S/C24H19N5O3/c1-16-5-10-21(26-14-16)28-24(32)19-11-12-25-15-20(19)27-23(31)17-6-8-18(9-7-17)29-13-3-2-4-22(29)30/h2-15H,1H3,(H,27,31)(H,26,28,32). The number of hydrogen-bond donors (Lipinski definition) is 2. The van der Waals surface area contributed by atoms with Gasteiger partial charge in [0.15, 0.2) is 0 Å². The molecule has 0 radical (unpaired) electrons. The Labute approximate surface area is 183 Å². The second-order valence-electron chi connectivity index (χ2n) is 7.01. The molecule has 0 bridgehead atoms. The van der Waals surface area contributed by atoms with Gasteiger partial charge in [0.25, 0.3) is 17.4 Å². The zero-order chi connectivity index (χ0) is 22.5. The lowest BCUT2D eigenvalue weighted by Crippen LogP contribution is -2.19. The summed E-state index contributed by atoms with van der Waals surface area (Å²) in [6, 6.07) is 16.5. The zero-order valence-electron chi connectivity index (χ0n) is 17.1. The van der Waals surface area contributed by atoms with Crippen LogP contribution in [0.2, 0.25) is 0 Å². The molecule has 0 aliphatic carbocycles. The summed E-state index contributed by atoms with van der Waals surface area (Å²) in [6.07, 6.45) is 6.19. The van der Waals surface area contributed by atoms with E-state index in [-0.39, 0.29) is 16.8 Å². The molecule has 0 unspecified atom stereocenters. The SMILES string of the molecule is Cc1ccc(NC(=O)c2ccncc2NC(=O)c2ccc(-n3ccccc3=O)cc2)nc1. The van der Waals surface area contributed by atoms with Gasteiger partial charge in [0.2, 0.25) is 0 Å². The average Bonchev–Trinajstić information content (AvgIpc) is 2.81. The van der Waals surface area contributed by atoms with Crippen LogP contribution in [0.5, 0.6) is 0 Å². The van der Waals surface area contributed by atoms with Crippen LogP contribution in [-0.2, 0) is 0 Å². The first-order valence-electron chi connectivity index (χ1n) is 9.79. The lowest BCUT2D eigenvalue weighted by molar-refractivity contribution is 0.102. The van der Waals surface area contributed by atoms with Crippen molar-refractivity contribution in [2.45, 2.75) is 6.92 Å². The van der Waals surface area contributed by atoms with Gasteiger partial charge in [0.05, 0.1) is 17.4 Å². The quantitative estimate of drug-likeness (QED) is 0.510. The van der Waals surface area contributed by atoms with Crippen molar-refractivity contribution in [1.82, 2.24) is 14.5 Å². The van der Waals surface area contributed by atoms with E-state index in [1.807, 2.05) is 13.0 Å². The van der Waals surface area contributed by atoms with Crippen molar-refractivity contribution >= 4 is 23.3 Å². The number of nitrogens with zero attached hydrogens (tertiary/aromatic N) is 3. The Kier molecular flexibility index (Phi) is 5.85. The van der Waals surface area contributed by atoms with Gasteiger partial charge in [-0.05, 0) is 55.0 Å². The molecule has 3 heterocycles. The van der Waals surface area contributed by atoms with Crippen LogP contribution in [0.4, 0.5) is 11.5 Å². The maximum atomic E-state index is 12.7. The molecular weight excluding hydrogens is 406 g/mol. The smallest absolute Gasteiger partial charge is 0.259 e. The fourth-order valence-electron chi connectivity index (χ4n) is 3.03. The minimum absolute atomic E-state index is 0.168. The number of aromatic nitrogens is 3. The third-order valence-electron chi connectivity index (χ3n) is 4.70. The second kappa shape index (κ2) is 9.05. The molecule has 0 fully saturated rings. The van der Waals surface area contributed by atoms with E-state index in [1.54, 1.807) is 54.9 Å². The van der Waals surface area contributed by atoms with E-state index in [2.05, 4.69) is 20.6 Å². The van der Waals surface area contributed by atoms with Crippen molar-refractivity contribution in [2.75, 3.05) is 10.6 Å². The maximum absolute atomic E-state index is 12.7. The van der Waals surface area contributed by atoms with Crippen LogP contribution in [0.3, 0.4) is 0 Å². The predicted molar refractivity (Wildman–Crippen MR) is 121 cm³/mol. The largest absolute Gasteiger partial charge is 0.320 e. The van der Waals surface area contributed by atoms with Gasteiger partial charge in [0, 0.05) is 35.9 Å². The lowest BCUT2D eigenvalue weighted by Gasteiger charge is -2.11. The summed E-state index contributed by atoms with van der Waals surface area (Å²) in [6.45, 7) is 1.90. The molecule has 158 valence electrons. The summed E-state index contributed by atoms with van der Waals surface area (Å²) < 4.78 is 1.48. The average molecular weight is 425 g/mol. The number of carbonyl (C=O) groups excluding carboxylic acids is 2. The molecule has 0 saturated heterocycles. The Bertz CT molecular complexity index is 1330. The molecule has 1 aromatic carbocycles. The van der Waals surface area contributed by atoms with E-state index in [0.29, 0.717) is 17.1 Å². The molecule has 0 aliphatic rings. The summed E-state index contributed by atoms with van der Waals surface area (Å²) in [5, 5.41) is 5.43. The first-order valence-corrected chi connectivity index (χ1v) is 9.79. The Balaban J connectivity index is 1.51. The first kappa shape index (κ1) is 20.7. The van der Waals surface area contributed by atoms with Crippen molar-refractivity contribution in [2.24, 2.45) is 0 Å². The van der Waals surface area contributed by atoms with Crippen LogP contribution in [0.1, 0.15) is 26.3 Å². The number of nitrogens with one attached hydrogen (secondary N) is 2. The van der Waals surface area contributed by atoms with Crippen molar-refractivity contribution in [3.05, 3.63) is 112 Å². The number of benzene rings is 1. The van der Waals surface area contributed by atoms with Crippen molar-refractivity contribution < 1.29 is 9.59 Å². The summed E-state index contributed by atoms with van der Waals surface area (Å²) in [5.41, 5.74) is 2.34. The minimum Gasteiger partial charge on any atom is -0.320 e. The summed E-state index contributed by atoms with van der Waals surface area (Å²) in [5.74, 6) is -0.424. The van der Waals surface area contributed by atoms with Gasteiger partial charge in [-0.3, -0.25) is 23.9 Å². The fraction of sp³-hybridized carbons (Fsp3) is 0.0417. The number of rotatable bonds is 5. The molecule has 8 nitrogen and oxygen atoms in total. The van der Waals surface area contributed by atoms with Gasteiger partial charge < -0.3 is 10.6 Å². The van der Waals surface area contributed by atoms with Gasteiger partial charge in [-0.25, -0.2) is 4.98 Å². The van der Waals surface area contributed by atoms with Crippen LogP contribution >= 0.6 is 0 Å². The maximum Gasteiger partial charge on any atom is 0.259 e. The van der Waals surface area contributed by atoms with Gasteiger partial charge in [-0.1, -0.05) is 12.1 Å². The van der Waals surface area contributed by atoms with Crippen molar-refractivity contribution in [3.8, 4) is 5.69 Å². The zero-order valence-corrected chi connectivity index (χ0v) is 17.1. The number of aryl methyl sites for hydroxylation is 1. The van der Waals surface area contributed by atoms with Gasteiger partial charge >= 0.3 is 0 Å². The van der Waals surface area contributed by atoms with Crippen LogP contribution in [0, 0.1) is 6.92 Å². The molecular formula is C24H19N5O3. The number of hydrogen-bond acceptors (Lipinski definition) is 5. The molecule has 0 spiro atoms. The molecule has 8 heteroatoms. The predicted octanol–water partition coefficient (Wildman–Crippen LogP) is 3.44. The molecule has 2 amide bonds. The fourth-order valence-corrected chi connectivity index (χ4v) is 3.03. The normalized spacial score (nSPS) is 10.4. The summed E-state index contributed by atoms with van der Waals surface area (Å²) in [7, 11) is 0. The highest BCUT2D eigenvalue weighted by molar-refractivity contribution is 6.12. The van der Waals surface area contributed by atoms with Crippen LogP contribution in [0.25, 0.3) is 5.69 Å². The highest BCUT2D eigenvalue weighted by Gasteiger charge is 2.15. The Morgan fingerprint density at radius 2 is 1.69 bits per heavy atom. The van der Waals surface area contributed by atoms with E-state index in [9.17, 15) is 14.4 Å². The molecule has 4 aromatic rings. The molecule has 4 rings (SSSR count). The summed E-state index contributed by atoms with van der Waals surface area (Å²) in [4.78, 5) is 45.6. The molecule has 0 aliphatic heterocycles. The van der Waals surface area contributed by atoms with Crippen molar-refractivity contribution in [1.29, 1.82) is 0 Å². The molecule has 0 saturated carbocycles. The third kappa shape index (κ3) is 4.59. The molecule has 0 atom stereocenters. The van der Waals surface area contributed by atoms with Crippen LogP contribution in [0.15, 0.2) is 90.2 Å². The van der Waals surface area contributed by atoms with Gasteiger partial charge in [-0.2, -0.15) is 0 Å². The summed E-state index contributed by atoms with van der Waals surface area (Å²) >= 11 is 0. The minimum atomic E-state index is -0.419. The number of amides is 2. The number of anilines is 2. The monoisotopic (exact) mass is 425 g/mol. The molecule has 32 heavy (non-hydrogen) atoms. The Morgan fingerprint density at radius 3 is 2.41 bits per heavy atom. The van der Waals surface area contributed by atoms with Gasteiger partial charge in [0.1, 0.15) is 5.82 Å². The Hall–Kier alpha value is -4.59. The molecule has 2 N–H and O–H groups in total. The lowest BCUT2D eigenvalue weighted by atomic mass is 10.1. The van der Waals surface area contributed by atoms with Crippen molar-refractivity contribution in [3.63, 3.8) is 0 Å². The highest BCUT2D eigenvalue weighted by Crippen LogP contribution is 2.17. The second-order valence-corrected chi connectivity index (χ2v) is 7.01. The van der Waals surface area contributed by atoms with E-state index >= 15 is 0 Å². The topological polar surface area (TPSA) is 106 Å². The number of pyridine rings is 3. The third-order valence-corrected chi connectivity index (χ3v) is 4.70. The highest BCUT2D eigenvalue weighted by atomic mass is 16.2. The van der Waals surface area contributed by atoms with E-state index in [4.69, 9.17) is 0 Å².